The lowest BCUT2D eigenvalue weighted by Crippen LogP contribution is -2.55. The van der Waals surface area contributed by atoms with Gasteiger partial charge in [-0.2, -0.15) is 0 Å². The van der Waals surface area contributed by atoms with Gasteiger partial charge in [-0.25, -0.2) is 4.79 Å². The molecule has 0 radical (unpaired) electrons. The van der Waals surface area contributed by atoms with E-state index in [9.17, 15) is 14.4 Å². The summed E-state index contributed by atoms with van der Waals surface area (Å²) < 4.78 is 5.43. The van der Waals surface area contributed by atoms with E-state index in [4.69, 9.17) is 4.74 Å². The van der Waals surface area contributed by atoms with Crippen LogP contribution in [0.2, 0.25) is 0 Å². The van der Waals surface area contributed by atoms with Gasteiger partial charge in [0.05, 0.1) is 0 Å². The summed E-state index contributed by atoms with van der Waals surface area (Å²) in [7, 11) is 0. The zero-order chi connectivity index (χ0) is 26.2. The minimum atomic E-state index is -0.813. The highest BCUT2D eigenvalue weighted by molar-refractivity contribution is 5.92. The fraction of sp³-hybridized carbons (Fsp3) is 0.667. The molecule has 0 aromatic heterocycles. The number of aryl methyl sites for hydroxylation is 2. The molecule has 0 bridgehead atoms. The first-order chi connectivity index (χ1) is 15.7. The van der Waals surface area contributed by atoms with Crippen molar-refractivity contribution >= 4 is 17.9 Å². The molecule has 34 heavy (non-hydrogen) atoms. The maximum Gasteiger partial charge on any atom is 0.408 e. The fourth-order valence-corrected chi connectivity index (χ4v) is 3.91. The summed E-state index contributed by atoms with van der Waals surface area (Å²) in [6, 6.07) is 4.25. The van der Waals surface area contributed by atoms with E-state index in [1.54, 1.807) is 25.7 Å². The van der Waals surface area contributed by atoms with Crippen LogP contribution in [0.3, 0.4) is 0 Å². The van der Waals surface area contributed by atoms with Gasteiger partial charge in [-0.1, -0.05) is 56.5 Å². The van der Waals surface area contributed by atoms with Crippen LogP contribution in [0, 0.1) is 19.8 Å². The molecule has 3 unspecified atom stereocenters. The smallest absolute Gasteiger partial charge is 0.408 e. The predicted molar refractivity (Wildman–Crippen MR) is 137 cm³/mol. The molecule has 192 valence electrons. The van der Waals surface area contributed by atoms with Crippen LogP contribution >= 0.6 is 0 Å². The van der Waals surface area contributed by atoms with Crippen molar-refractivity contribution in [3.8, 4) is 0 Å². The topological polar surface area (TPSA) is 87.7 Å². The summed E-state index contributed by atoms with van der Waals surface area (Å²) in [6.07, 6.45) is 0.706. The number of hydrogen-bond donors (Lipinski definition) is 2. The number of hydrogen-bond acceptors (Lipinski definition) is 4. The van der Waals surface area contributed by atoms with Crippen LogP contribution in [0.4, 0.5) is 4.79 Å². The van der Waals surface area contributed by atoms with Crippen LogP contribution in [0.15, 0.2) is 18.2 Å². The molecule has 7 nitrogen and oxygen atoms in total. The van der Waals surface area contributed by atoms with Crippen molar-refractivity contribution < 1.29 is 19.1 Å². The highest BCUT2D eigenvalue weighted by atomic mass is 16.6. The highest BCUT2D eigenvalue weighted by Crippen LogP contribution is 2.27. The van der Waals surface area contributed by atoms with Gasteiger partial charge in [0, 0.05) is 12.6 Å². The van der Waals surface area contributed by atoms with Gasteiger partial charge in [0.1, 0.15) is 17.7 Å². The Bertz CT molecular complexity index is 825. The largest absolute Gasteiger partial charge is 0.444 e. The Hall–Kier alpha value is -2.57. The number of amides is 3. The highest BCUT2D eigenvalue weighted by Gasteiger charge is 2.38. The van der Waals surface area contributed by atoms with Crippen LogP contribution in [-0.2, 0) is 14.3 Å². The van der Waals surface area contributed by atoms with Crippen LogP contribution in [0.5, 0.6) is 0 Å². The van der Waals surface area contributed by atoms with Gasteiger partial charge in [-0.15, -0.1) is 0 Å². The zero-order valence-corrected chi connectivity index (χ0v) is 22.7. The maximum atomic E-state index is 14.0. The number of nitrogens with one attached hydrogen (secondary N) is 2. The van der Waals surface area contributed by atoms with E-state index in [-0.39, 0.29) is 23.8 Å². The van der Waals surface area contributed by atoms with Gasteiger partial charge >= 0.3 is 6.09 Å². The molecule has 0 aliphatic carbocycles. The molecule has 3 amide bonds. The first kappa shape index (κ1) is 29.5. The number of benzene rings is 1. The van der Waals surface area contributed by atoms with E-state index >= 15 is 0 Å². The molecule has 0 saturated carbocycles. The standard InChI is InChI=1S/C27H45N3O4/c1-11-13-30(25(32)22(20(7)12-2)29-26(33)34-27(8,9)10)23(24(31)28-17(3)4)21-15-18(5)14-19(6)16-21/h14-17,20,22-23H,11-13H2,1-10H3,(H,28,31)(H,29,33). The van der Waals surface area contributed by atoms with Crippen molar-refractivity contribution in [3.05, 3.63) is 34.9 Å². The maximum absolute atomic E-state index is 14.0. The van der Waals surface area contributed by atoms with Gasteiger partial charge in [0.2, 0.25) is 11.8 Å². The lowest BCUT2D eigenvalue weighted by molar-refractivity contribution is -0.143. The average Bonchev–Trinajstić information content (AvgIpc) is 2.68. The number of ether oxygens (including phenoxy) is 1. The Labute approximate surface area is 206 Å². The van der Waals surface area contributed by atoms with Crippen molar-refractivity contribution in [3.63, 3.8) is 0 Å². The van der Waals surface area contributed by atoms with Crippen LogP contribution in [-0.4, -0.2) is 47.0 Å². The molecule has 0 fully saturated rings. The third kappa shape index (κ3) is 8.99. The number of carbonyl (C=O) groups excluding carboxylic acids is 3. The lowest BCUT2D eigenvalue weighted by Gasteiger charge is -2.36. The van der Waals surface area contributed by atoms with E-state index in [0.717, 1.165) is 16.7 Å². The minimum Gasteiger partial charge on any atom is -0.444 e. The first-order valence-corrected chi connectivity index (χ1v) is 12.4. The van der Waals surface area contributed by atoms with E-state index in [2.05, 4.69) is 10.6 Å². The van der Waals surface area contributed by atoms with Crippen molar-refractivity contribution in [1.82, 2.24) is 15.5 Å². The quantitative estimate of drug-likeness (QED) is 0.496. The molecule has 1 rings (SSSR count). The summed E-state index contributed by atoms with van der Waals surface area (Å²) in [5.41, 5.74) is 2.12. The Kier molecular flexibility index (Phi) is 11.1. The molecule has 1 aromatic carbocycles. The van der Waals surface area contributed by atoms with E-state index in [0.29, 0.717) is 19.4 Å². The third-order valence-corrected chi connectivity index (χ3v) is 5.45. The zero-order valence-electron chi connectivity index (χ0n) is 22.7. The lowest BCUT2D eigenvalue weighted by atomic mass is 9.94. The number of nitrogens with zero attached hydrogens (tertiary/aromatic N) is 1. The number of carbonyl (C=O) groups is 3. The Morgan fingerprint density at radius 1 is 0.971 bits per heavy atom. The Balaban J connectivity index is 3.51. The van der Waals surface area contributed by atoms with Gasteiger partial charge in [0.25, 0.3) is 0 Å². The van der Waals surface area contributed by atoms with Crippen LogP contribution in [0.25, 0.3) is 0 Å². The molecule has 7 heteroatoms. The molecule has 0 spiro atoms. The molecular formula is C27H45N3O4. The average molecular weight is 476 g/mol. The van der Waals surface area contributed by atoms with Gasteiger partial charge in [0.15, 0.2) is 0 Å². The SMILES string of the molecule is CCCN(C(=O)C(NC(=O)OC(C)(C)C)C(C)CC)C(C(=O)NC(C)C)c1cc(C)cc(C)c1. The third-order valence-electron chi connectivity index (χ3n) is 5.45. The summed E-state index contributed by atoms with van der Waals surface area (Å²) in [5, 5.41) is 5.77. The van der Waals surface area contributed by atoms with Crippen molar-refractivity contribution in [2.24, 2.45) is 5.92 Å². The molecule has 2 N–H and O–H groups in total. The minimum absolute atomic E-state index is 0.0789. The second-order valence-electron chi connectivity index (χ2n) is 10.5. The molecule has 0 saturated heterocycles. The first-order valence-electron chi connectivity index (χ1n) is 12.4. The van der Waals surface area contributed by atoms with E-state index in [1.807, 2.05) is 66.7 Å². The van der Waals surface area contributed by atoms with Crippen molar-refractivity contribution in [2.45, 2.75) is 106 Å². The second-order valence-corrected chi connectivity index (χ2v) is 10.5. The molecular weight excluding hydrogens is 430 g/mol. The molecule has 1 aromatic rings. The molecule has 0 aliphatic heterocycles. The summed E-state index contributed by atoms with van der Waals surface area (Å²) in [6.45, 7) is 19.3. The Morgan fingerprint density at radius 2 is 1.53 bits per heavy atom. The van der Waals surface area contributed by atoms with Gasteiger partial charge in [-0.3, -0.25) is 9.59 Å². The molecule has 3 atom stereocenters. The van der Waals surface area contributed by atoms with E-state index in [1.165, 1.54) is 0 Å². The molecule has 0 heterocycles. The monoisotopic (exact) mass is 475 g/mol. The van der Waals surface area contributed by atoms with Gasteiger partial charge in [-0.05, 0) is 66.4 Å². The fourth-order valence-electron chi connectivity index (χ4n) is 3.91. The van der Waals surface area contributed by atoms with Gasteiger partial charge < -0.3 is 20.3 Å². The van der Waals surface area contributed by atoms with Crippen LogP contribution in [0.1, 0.15) is 91.0 Å². The van der Waals surface area contributed by atoms with Crippen molar-refractivity contribution in [1.29, 1.82) is 0 Å². The summed E-state index contributed by atoms with van der Waals surface area (Å²) in [4.78, 5) is 41.6. The summed E-state index contributed by atoms with van der Waals surface area (Å²) >= 11 is 0. The van der Waals surface area contributed by atoms with Crippen molar-refractivity contribution in [2.75, 3.05) is 6.54 Å². The molecule has 0 aliphatic rings. The normalized spacial score (nSPS) is 14.2. The second kappa shape index (κ2) is 12.8. The Morgan fingerprint density at radius 3 is 1.97 bits per heavy atom. The predicted octanol–water partition coefficient (Wildman–Crippen LogP) is 5.05. The number of alkyl carbamates (subject to hydrolysis) is 1. The van der Waals surface area contributed by atoms with Crippen LogP contribution < -0.4 is 10.6 Å². The summed E-state index contributed by atoms with van der Waals surface area (Å²) in [5.74, 6) is -0.667. The van der Waals surface area contributed by atoms with E-state index < -0.39 is 23.8 Å². The number of rotatable bonds is 10.